The number of anilines is 2. The Bertz CT molecular complexity index is 1480. The van der Waals surface area contributed by atoms with Crippen LogP contribution in [0.2, 0.25) is 0 Å². The van der Waals surface area contributed by atoms with E-state index in [1.807, 2.05) is 19.9 Å². The molecule has 2 atom stereocenters. The molecular formula is C35H39N. The van der Waals surface area contributed by atoms with Crippen molar-refractivity contribution in [2.24, 2.45) is 0 Å². The van der Waals surface area contributed by atoms with E-state index >= 15 is 0 Å². The molecule has 0 aliphatic heterocycles. The maximum atomic E-state index is 8.97. The third-order valence-electron chi connectivity index (χ3n) is 7.64. The minimum atomic E-state index is -0.402. The molecule has 0 bridgehead atoms. The average Bonchev–Trinajstić information content (AvgIpc) is 3.09. The van der Waals surface area contributed by atoms with Gasteiger partial charge >= 0.3 is 0 Å². The number of fused-ring (bicyclic) bond motifs is 3. The Labute approximate surface area is 220 Å². The average molecular weight is 476 g/mol. The molecule has 36 heavy (non-hydrogen) atoms. The summed E-state index contributed by atoms with van der Waals surface area (Å²) in [5.74, 6) is 0. The summed E-state index contributed by atoms with van der Waals surface area (Å²) in [6, 6.07) is 30.1. The minimum absolute atomic E-state index is 0.122. The van der Waals surface area contributed by atoms with Crippen LogP contribution in [0.5, 0.6) is 0 Å². The minimum Gasteiger partial charge on any atom is -0.335 e. The number of nitrogens with zero attached hydrogens (tertiary/aromatic N) is 1. The van der Waals surface area contributed by atoms with Gasteiger partial charge in [0.2, 0.25) is 0 Å². The SMILES string of the molecule is [2H]C(C)c1cc2c(cc1N(c1c(-c3ccccc3)cccc1C([2H])C)C(C)(C)C)-c1ccccc1C2(C)C. The van der Waals surface area contributed by atoms with Crippen molar-refractivity contribution in [3.8, 4) is 22.3 Å². The summed E-state index contributed by atoms with van der Waals surface area (Å²) in [6.45, 7) is 15.2. The summed E-state index contributed by atoms with van der Waals surface area (Å²) >= 11 is 0. The van der Waals surface area contributed by atoms with Gasteiger partial charge in [-0.2, -0.15) is 0 Å². The van der Waals surface area contributed by atoms with Crippen molar-refractivity contribution >= 4 is 11.4 Å². The van der Waals surface area contributed by atoms with Crippen molar-refractivity contribution in [3.63, 3.8) is 0 Å². The molecule has 5 rings (SSSR count). The molecule has 0 saturated carbocycles. The van der Waals surface area contributed by atoms with Crippen molar-refractivity contribution in [2.75, 3.05) is 4.90 Å². The van der Waals surface area contributed by atoms with Crippen LogP contribution in [0.15, 0.2) is 84.9 Å². The monoisotopic (exact) mass is 475 g/mol. The molecule has 4 aromatic carbocycles. The van der Waals surface area contributed by atoms with Gasteiger partial charge in [-0.15, -0.1) is 0 Å². The quantitative estimate of drug-likeness (QED) is 0.278. The highest BCUT2D eigenvalue weighted by Gasteiger charge is 2.37. The summed E-state index contributed by atoms with van der Waals surface area (Å²) in [6.07, 6.45) is -0.801. The zero-order valence-electron chi connectivity index (χ0n) is 24.7. The van der Waals surface area contributed by atoms with Crippen LogP contribution < -0.4 is 4.90 Å². The first-order valence-corrected chi connectivity index (χ1v) is 13.0. The van der Waals surface area contributed by atoms with Crippen LogP contribution >= 0.6 is 0 Å². The first-order valence-electron chi connectivity index (χ1n) is 14.2. The van der Waals surface area contributed by atoms with Gasteiger partial charge in [-0.1, -0.05) is 107 Å². The Morgan fingerprint density at radius 2 is 1.33 bits per heavy atom. The predicted octanol–water partition coefficient (Wildman–Crippen LogP) is 9.72. The van der Waals surface area contributed by atoms with Gasteiger partial charge < -0.3 is 4.90 Å². The fraction of sp³-hybridized carbons (Fsp3) is 0.314. The fourth-order valence-electron chi connectivity index (χ4n) is 5.89. The lowest BCUT2D eigenvalue weighted by Crippen LogP contribution is -2.39. The molecule has 0 saturated heterocycles. The van der Waals surface area contributed by atoms with Gasteiger partial charge in [0.25, 0.3) is 0 Å². The van der Waals surface area contributed by atoms with Crippen LogP contribution in [0.4, 0.5) is 11.4 Å². The molecule has 1 aliphatic carbocycles. The highest BCUT2D eigenvalue weighted by molar-refractivity contribution is 5.90. The van der Waals surface area contributed by atoms with Crippen molar-refractivity contribution in [3.05, 3.63) is 107 Å². The van der Waals surface area contributed by atoms with Gasteiger partial charge in [0.05, 0.1) is 5.69 Å². The highest BCUT2D eigenvalue weighted by atomic mass is 15.2. The van der Waals surface area contributed by atoms with Gasteiger partial charge in [-0.25, -0.2) is 0 Å². The largest absolute Gasteiger partial charge is 0.335 e. The van der Waals surface area contributed by atoms with Crippen LogP contribution in [0.1, 0.15) is 73.5 Å². The predicted molar refractivity (Wildman–Crippen MR) is 157 cm³/mol. The van der Waals surface area contributed by atoms with E-state index in [1.165, 1.54) is 22.3 Å². The van der Waals surface area contributed by atoms with Crippen LogP contribution in [0.3, 0.4) is 0 Å². The first kappa shape index (κ1) is 21.9. The molecule has 0 fully saturated rings. The molecule has 0 aromatic heterocycles. The van der Waals surface area contributed by atoms with Crippen LogP contribution in [0.25, 0.3) is 22.3 Å². The van der Waals surface area contributed by atoms with E-state index in [-0.39, 0.29) is 11.0 Å². The Hall–Kier alpha value is -3.32. The molecule has 4 aromatic rings. The van der Waals surface area contributed by atoms with E-state index in [2.05, 4.69) is 118 Å². The number of aryl methyl sites for hydroxylation is 2. The van der Waals surface area contributed by atoms with Crippen molar-refractivity contribution < 1.29 is 2.74 Å². The summed E-state index contributed by atoms with van der Waals surface area (Å²) in [7, 11) is 0. The third kappa shape index (κ3) is 3.86. The number of benzene rings is 4. The maximum Gasteiger partial charge on any atom is 0.0527 e. The molecule has 184 valence electrons. The molecule has 0 spiro atoms. The lowest BCUT2D eigenvalue weighted by atomic mass is 9.81. The molecule has 0 N–H and O–H groups in total. The molecule has 0 amide bonds. The smallest absolute Gasteiger partial charge is 0.0527 e. The van der Waals surface area contributed by atoms with E-state index in [4.69, 9.17) is 2.74 Å². The van der Waals surface area contributed by atoms with E-state index in [0.717, 1.165) is 33.6 Å². The van der Waals surface area contributed by atoms with Gasteiger partial charge in [0.15, 0.2) is 0 Å². The lowest BCUT2D eigenvalue weighted by Gasteiger charge is -2.42. The summed E-state index contributed by atoms with van der Waals surface area (Å²) in [5, 5.41) is 0. The normalized spacial score (nSPS) is 16.4. The molecule has 2 unspecified atom stereocenters. The molecular weight excluding hydrogens is 434 g/mol. The van der Waals surface area contributed by atoms with Crippen LogP contribution in [0, 0.1) is 0 Å². The van der Waals surface area contributed by atoms with Gasteiger partial charge in [0.1, 0.15) is 0 Å². The summed E-state index contributed by atoms with van der Waals surface area (Å²) < 4.78 is 17.8. The van der Waals surface area contributed by atoms with Crippen molar-refractivity contribution in [1.82, 2.24) is 0 Å². The molecule has 1 heteroatoms. The standard InChI is InChI=1S/C35H39N/c1-8-24-18-15-20-27(26-16-11-10-12-17-26)33(24)36(34(3,4)5)32-23-29-28-19-13-14-21-30(28)35(6,7)31(29)22-25(32)9-2/h10-23H,8-9H2,1-7H3/i8D,9D. The van der Waals surface area contributed by atoms with Gasteiger partial charge in [-0.3, -0.25) is 0 Å². The number of hydrogen-bond acceptors (Lipinski definition) is 1. The van der Waals surface area contributed by atoms with E-state index < -0.39 is 12.8 Å². The number of rotatable bonds is 5. The number of para-hydroxylation sites is 1. The number of hydrogen-bond donors (Lipinski definition) is 0. The van der Waals surface area contributed by atoms with E-state index in [0.29, 0.717) is 0 Å². The topological polar surface area (TPSA) is 3.24 Å². The Morgan fingerprint density at radius 3 is 2.00 bits per heavy atom. The van der Waals surface area contributed by atoms with Crippen LogP contribution in [-0.4, -0.2) is 5.54 Å². The second-order valence-corrected chi connectivity index (χ2v) is 11.3. The second kappa shape index (κ2) is 8.96. The van der Waals surface area contributed by atoms with Crippen LogP contribution in [-0.2, 0) is 18.2 Å². The first-order chi connectivity index (χ1) is 17.9. The zero-order valence-corrected chi connectivity index (χ0v) is 22.7. The van der Waals surface area contributed by atoms with Gasteiger partial charge in [-0.05, 0) is 78.6 Å². The lowest BCUT2D eigenvalue weighted by molar-refractivity contribution is 0.557. The fourth-order valence-corrected chi connectivity index (χ4v) is 5.89. The van der Waals surface area contributed by atoms with E-state index in [1.54, 1.807) is 0 Å². The van der Waals surface area contributed by atoms with Crippen molar-refractivity contribution in [1.29, 1.82) is 0 Å². The second-order valence-electron chi connectivity index (χ2n) is 11.3. The molecule has 0 heterocycles. The van der Waals surface area contributed by atoms with E-state index in [9.17, 15) is 0 Å². The Morgan fingerprint density at radius 1 is 0.694 bits per heavy atom. The Balaban J connectivity index is 1.87. The summed E-state index contributed by atoms with van der Waals surface area (Å²) in [4.78, 5) is 2.41. The Kier molecular flexibility index (Phi) is 5.46. The third-order valence-corrected chi connectivity index (χ3v) is 7.64. The molecule has 0 radical (unpaired) electrons. The maximum absolute atomic E-state index is 8.97. The van der Waals surface area contributed by atoms with Crippen molar-refractivity contribution in [2.45, 2.75) is 72.2 Å². The zero-order chi connectivity index (χ0) is 27.4. The molecule has 1 nitrogen and oxygen atoms in total. The highest BCUT2D eigenvalue weighted by Crippen LogP contribution is 2.52. The summed E-state index contributed by atoms with van der Waals surface area (Å²) in [5.41, 5.74) is 11.1. The van der Waals surface area contributed by atoms with Gasteiger partial charge in [0, 0.05) is 24.9 Å². The molecule has 1 aliphatic rings.